The number of anilines is 1. The van der Waals surface area contributed by atoms with Crippen LogP contribution < -0.4 is 5.32 Å². The molecule has 0 aliphatic heterocycles. The van der Waals surface area contributed by atoms with Crippen LogP contribution in [0, 0.1) is 0 Å². The number of aliphatic imine (C=N–C) groups is 1. The van der Waals surface area contributed by atoms with Crippen molar-refractivity contribution >= 4 is 82.5 Å². The fourth-order valence-corrected chi connectivity index (χ4v) is 7.58. The highest BCUT2D eigenvalue weighted by Gasteiger charge is 2.17. The highest BCUT2D eigenvalue weighted by molar-refractivity contribution is 6.14. The van der Waals surface area contributed by atoms with Crippen molar-refractivity contribution in [1.29, 1.82) is 0 Å². The first-order chi connectivity index (χ1) is 25.8. The van der Waals surface area contributed by atoms with Crippen molar-refractivity contribution < 1.29 is 0 Å². The maximum atomic E-state index is 5.19. The first kappa shape index (κ1) is 30.0. The summed E-state index contributed by atoms with van der Waals surface area (Å²) in [5.74, 6) is 0. The van der Waals surface area contributed by atoms with E-state index in [2.05, 4.69) is 169 Å². The van der Waals surface area contributed by atoms with Gasteiger partial charge in [-0.05, 0) is 56.6 Å². The first-order valence-electron chi connectivity index (χ1n) is 17.6. The van der Waals surface area contributed by atoms with E-state index in [4.69, 9.17) is 15.0 Å². The zero-order chi connectivity index (χ0) is 34.4. The van der Waals surface area contributed by atoms with Gasteiger partial charge in [0.15, 0.2) is 0 Å². The molecule has 0 atom stereocenters. The molecule has 0 saturated carbocycles. The van der Waals surface area contributed by atoms with Gasteiger partial charge in [0.05, 0.1) is 40.9 Å². The Bertz CT molecular complexity index is 3030. The molecule has 2 heterocycles. The predicted octanol–water partition coefficient (Wildman–Crippen LogP) is 12.4. The molecule has 10 rings (SSSR count). The molecule has 0 unspecified atom stereocenters. The van der Waals surface area contributed by atoms with Gasteiger partial charge in [0.25, 0.3) is 0 Å². The summed E-state index contributed by atoms with van der Waals surface area (Å²) in [6, 6.07) is 59.8. The second-order valence-corrected chi connectivity index (χ2v) is 13.3. The third-order valence-electron chi connectivity index (χ3n) is 10.1. The molecule has 4 nitrogen and oxygen atoms in total. The van der Waals surface area contributed by atoms with Gasteiger partial charge in [0.1, 0.15) is 0 Å². The SMILES string of the molecule is C(=Nc1ccc2ccccc2c1-c1c(NCc2ccc3ccc4ccccc4c3n2)ccc2ccccc12)c1ccc2ccc3ccccc3c2n1. The predicted molar refractivity (Wildman–Crippen MR) is 220 cm³/mol. The number of pyridine rings is 2. The summed E-state index contributed by atoms with van der Waals surface area (Å²) in [6.45, 7) is 0.572. The minimum atomic E-state index is 0.572. The van der Waals surface area contributed by atoms with Gasteiger partial charge in [-0.15, -0.1) is 0 Å². The summed E-state index contributed by atoms with van der Waals surface area (Å²) < 4.78 is 0. The summed E-state index contributed by atoms with van der Waals surface area (Å²) in [7, 11) is 0. The molecular weight excluding hydrogens is 633 g/mol. The molecule has 8 aromatic carbocycles. The molecule has 244 valence electrons. The summed E-state index contributed by atoms with van der Waals surface area (Å²) in [6.07, 6.45) is 1.90. The van der Waals surface area contributed by atoms with E-state index in [-0.39, 0.29) is 0 Å². The highest BCUT2D eigenvalue weighted by atomic mass is 14.9. The number of hydrogen-bond donors (Lipinski definition) is 1. The van der Waals surface area contributed by atoms with Gasteiger partial charge >= 0.3 is 0 Å². The van der Waals surface area contributed by atoms with Gasteiger partial charge in [-0.25, -0.2) is 4.98 Å². The van der Waals surface area contributed by atoms with Crippen LogP contribution >= 0.6 is 0 Å². The highest BCUT2D eigenvalue weighted by Crippen LogP contribution is 2.44. The molecule has 0 spiro atoms. The Kier molecular flexibility index (Phi) is 7.17. The molecule has 0 aliphatic rings. The van der Waals surface area contributed by atoms with Gasteiger partial charge < -0.3 is 5.32 Å². The average Bonchev–Trinajstić information content (AvgIpc) is 3.21. The molecule has 2 aromatic heterocycles. The van der Waals surface area contributed by atoms with Gasteiger partial charge in [0.2, 0.25) is 0 Å². The Morgan fingerprint density at radius 1 is 0.423 bits per heavy atom. The minimum Gasteiger partial charge on any atom is -0.379 e. The second-order valence-electron chi connectivity index (χ2n) is 13.3. The van der Waals surface area contributed by atoms with Gasteiger partial charge in [-0.1, -0.05) is 146 Å². The van der Waals surface area contributed by atoms with Crippen molar-refractivity contribution in [3.63, 3.8) is 0 Å². The molecule has 0 fully saturated rings. The van der Waals surface area contributed by atoms with E-state index in [9.17, 15) is 0 Å². The monoisotopic (exact) mass is 664 g/mol. The van der Waals surface area contributed by atoms with Crippen LogP contribution in [0.15, 0.2) is 175 Å². The average molecular weight is 665 g/mol. The number of aromatic nitrogens is 2. The van der Waals surface area contributed by atoms with Crippen LogP contribution in [-0.4, -0.2) is 16.2 Å². The lowest BCUT2D eigenvalue weighted by atomic mass is 9.91. The molecule has 0 aliphatic carbocycles. The van der Waals surface area contributed by atoms with Gasteiger partial charge in [-0.2, -0.15) is 0 Å². The van der Waals surface area contributed by atoms with E-state index in [1.165, 1.54) is 21.5 Å². The van der Waals surface area contributed by atoms with E-state index in [1.807, 2.05) is 12.3 Å². The van der Waals surface area contributed by atoms with Crippen molar-refractivity contribution in [3.8, 4) is 11.1 Å². The summed E-state index contributed by atoms with van der Waals surface area (Å²) in [4.78, 5) is 15.4. The van der Waals surface area contributed by atoms with Crippen LogP contribution in [0.1, 0.15) is 11.4 Å². The molecule has 0 saturated heterocycles. The van der Waals surface area contributed by atoms with Crippen LogP contribution in [-0.2, 0) is 6.54 Å². The molecule has 1 N–H and O–H groups in total. The molecule has 0 bridgehead atoms. The third-order valence-corrected chi connectivity index (χ3v) is 10.1. The molecule has 0 amide bonds. The van der Waals surface area contributed by atoms with Crippen molar-refractivity contribution in [2.24, 2.45) is 4.99 Å². The lowest BCUT2D eigenvalue weighted by molar-refractivity contribution is 1.07. The first-order valence-corrected chi connectivity index (χ1v) is 17.6. The third kappa shape index (κ3) is 5.21. The lowest BCUT2D eigenvalue weighted by Gasteiger charge is -2.19. The van der Waals surface area contributed by atoms with Crippen LogP contribution in [0.5, 0.6) is 0 Å². The quantitative estimate of drug-likeness (QED) is 0.142. The normalized spacial score (nSPS) is 11.8. The molecule has 0 radical (unpaired) electrons. The van der Waals surface area contributed by atoms with Crippen molar-refractivity contribution in [1.82, 2.24) is 9.97 Å². The van der Waals surface area contributed by atoms with E-state index >= 15 is 0 Å². The number of benzene rings is 8. The molecular formula is C48H32N4. The van der Waals surface area contributed by atoms with E-state index < -0.39 is 0 Å². The van der Waals surface area contributed by atoms with Crippen molar-refractivity contribution in [3.05, 3.63) is 181 Å². The number of fused-ring (bicyclic) bond motifs is 8. The molecule has 52 heavy (non-hydrogen) atoms. The van der Waals surface area contributed by atoms with Crippen LogP contribution in [0.25, 0.3) is 76.0 Å². The number of nitrogens with one attached hydrogen (secondary N) is 1. The summed E-state index contributed by atoms with van der Waals surface area (Å²) >= 11 is 0. The van der Waals surface area contributed by atoms with Crippen LogP contribution in [0.2, 0.25) is 0 Å². The smallest absolute Gasteiger partial charge is 0.0820 e. The van der Waals surface area contributed by atoms with E-state index in [0.717, 1.165) is 77.2 Å². The number of rotatable bonds is 6. The fraction of sp³-hybridized carbons (Fsp3) is 0.0208. The Balaban J connectivity index is 1.11. The van der Waals surface area contributed by atoms with Gasteiger partial charge in [-0.3, -0.25) is 9.98 Å². The largest absolute Gasteiger partial charge is 0.379 e. The van der Waals surface area contributed by atoms with Crippen LogP contribution in [0.3, 0.4) is 0 Å². The maximum Gasteiger partial charge on any atom is 0.0820 e. The van der Waals surface area contributed by atoms with E-state index in [0.29, 0.717) is 6.54 Å². The molecule has 10 aromatic rings. The summed E-state index contributed by atoms with van der Waals surface area (Å²) in [5, 5.41) is 15.4. The standard InChI is InChI=1S/C48H32N4/c1-5-13-39-31(9-1)23-27-43(49-29-37-25-21-35-19-17-33-11-3-7-15-41(33)47(35)51-37)45(39)46-40-14-6-2-10-32(40)24-28-44(46)50-30-38-26-22-36-20-18-34-12-4-8-16-42(34)48(36)52-38/h1-29,50H,30H2. The zero-order valence-electron chi connectivity index (χ0n) is 28.3. The lowest BCUT2D eigenvalue weighted by Crippen LogP contribution is -2.04. The zero-order valence-corrected chi connectivity index (χ0v) is 28.3. The second kappa shape index (κ2) is 12.4. The fourth-order valence-electron chi connectivity index (χ4n) is 7.58. The Hall–Kier alpha value is -6.91. The Morgan fingerprint density at radius 3 is 1.58 bits per heavy atom. The van der Waals surface area contributed by atoms with E-state index in [1.54, 1.807) is 0 Å². The minimum absolute atomic E-state index is 0.572. The van der Waals surface area contributed by atoms with Gasteiger partial charge in [0, 0.05) is 38.4 Å². The van der Waals surface area contributed by atoms with Crippen molar-refractivity contribution in [2.45, 2.75) is 6.54 Å². The van der Waals surface area contributed by atoms with Crippen molar-refractivity contribution in [2.75, 3.05) is 5.32 Å². The number of hydrogen-bond acceptors (Lipinski definition) is 4. The molecule has 4 heteroatoms. The van der Waals surface area contributed by atoms with Crippen LogP contribution in [0.4, 0.5) is 11.4 Å². The Labute approximate surface area is 300 Å². The number of nitrogens with zero attached hydrogens (tertiary/aromatic N) is 3. The maximum absolute atomic E-state index is 5.19. The Morgan fingerprint density at radius 2 is 0.904 bits per heavy atom. The summed E-state index contributed by atoms with van der Waals surface area (Å²) in [5.41, 5.74) is 7.91. The topological polar surface area (TPSA) is 50.2 Å².